The van der Waals surface area contributed by atoms with Crippen LogP contribution in [0.5, 0.6) is 0 Å². The van der Waals surface area contributed by atoms with Crippen LogP contribution in [0.1, 0.15) is 96.5 Å². The molecule has 0 spiro atoms. The molecule has 1 nitrogen and oxygen atoms in total. The fraction of sp³-hybridized carbons (Fsp3) is 0.769. The Bertz CT molecular complexity index is 629. The van der Waals surface area contributed by atoms with Crippen molar-refractivity contribution in [2.75, 3.05) is 6.61 Å². The smallest absolute Gasteiger partial charge is 0.194 e. The Morgan fingerprint density at radius 3 is 1.77 bits per heavy atom. The molecule has 1 aromatic carbocycles. The first-order valence-corrected chi connectivity index (χ1v) is 12.3. The van der Waals surface area contributed by atoms with Crippen molar-refractivity contribution in [3.8, 4) is 0 Å². The molecule has 170 valence electrons. The van der Waals surface area contributed by atoms with Crippen molar-refractivity contribution in [3.05, 3.63) is 35.1 Å². The van der Waals surface area contributed by atoms with Gasteiger partial charge in [-0.15, -0.1) is 0 Å². The molecule has 0 radical (unpaired) electrons. The van der Waals surface area contributed by atoms with E-state index in [1.807, 2.05) is 13.8 Å². The maximum Gasteiger partial charge on any atom is 0.194 e. The van der Waals surface area contributed by atoms with E-state index in [9.17, 15) is 13.2 Å². The second-order valence-electron chi connectivity index (χ2n) is 9.64. The van der Waals surface area contributed by atoms with E-state index in [0.29, 0.717) is 17.6 Å². The molecule has 2 saturated carbocycles. The van der Waals surface area contributed by atoms with Gasteiger partial charge in [0.05, 0.1) is 12.7 Å². The molecular formula is C26H39F3O. The number of rotatable bonds is 3. The van der Waals surface area contributed by atoms with Gasteiger partial charge in [-0.05, 0) is 98.7 Å². The van der Waals surface area contributed by atoms with E-state index in [4.69, 9.17) is 4.74 Å². The van der Waals surface area contributed by atoms with E-state index in [1.165, 1.54) is 44.2 Å². The summed E-state index contributed by atoms with van der Waals surface area (Å²) < 4.78 is 46.6. The van der Waals surface area contributed by atoms with E-state index in [-0.39, 0.29) is 5.92 Å². The van der Waals surface area contributed by atoms with Gasteiger partial charge in [-0.25, -0.2) is 13.2 Å². The van der Waals surface area contributed by atoms with E-state index >= 15 is 0 Å². The van der Waals surface area contributed by atoms with Crippen LogP contribution in [-0.4, -0.2) is 12.7 Å². The molecule has 0 aromatic heterocycles. The Labute approximate surface area is 180 Å². The van der Waals surface area contributed by atoms with Gasteiger partial charge < -0.3 is 4.74 Å². The zero-order valence-electron chi connectivity index (χ0n) is 18.9. The lowest BCUT2D eigenvalue weighted by molar-refractivity contribution is -0.0721. The molecule has 2 atom stereocenters. The van der Waals surface area contributed by atoms with Crippen LogP contribution >= 0.6 is 0 Å². The molecule has 4 rings (SSSR count). The van der Waals surface area contributed by atoms with Crippen LogP contribution in [0, 0.1) is 41.1 Å². The largest absolute Gasteiger partial charge is 0.378 e. The third-order valence-electron chi connectivity index (χ3n) is 7.85. The Balaban J connectivity index is 0.00000124. The standard InChI is InChI=1S/C24H33F3O.C2H6/c1-15-2-4-16(5-3-15)19-10-11-23(28-14-19)18-8-6-17(7-9-18)20-12-21(25)24(27)22(26)13-20;1-2/h12-13,15-19,23H,2-11,14H2,1H3;1-2H3. The van der Waals surface area contributed by atoms with Crippen molar-refractivity contribution in [2.45, 2.75) is 97.0 Å². The molecule has 1 aliphatic heterocycles. The summed E-state index contributed by atoms with van der Waals surface area (Å²) >= 11 is 0. The highest BCUT2D eigenvalue weighted by molar-refractivity contribution is 5.23. The monoisotopic (exact) mass is 424 g/mol. The van der Waals surface area contributed by atoms with Gasteiger partial charge in [-0.3, -0.25) is 0 Å². The Morgan fingerprint density at radius 1 is 0.700 bits per heavy atom. The second kappa shape index (κ2) is 11.0. The number of hydrogen-bond donors (Lipinski definition) is 0. The van der Waals surface area contributed by atoms with Gasteiger partial charge in [0, 0.05) is 0 Å². The van der Waals surface area contributed by atoms with E-state index in [2.05, 4.69) is 6.92 Å². The van der Waals surface area contributed by atoms with Gasteiger partial charge in [0.25, 0.3) is 0 Å². The average Bonchev–Trinajstić information content (AvgIpc) is 2.79. The first-order chi connectivity index (χ1) is 14.5. The third kappa shape index (κ3) is 5.60. The zero-order chi connectivity index (χ0) is 21.7. The summed E-state index contributed by atoms with van der Waals surface area (Å²) in [5.74, 6) is -0.338. The van der Waals surface area contributed by atoms with Gasteiger partial charge in [-0.2, -0.15) is 0 Å². The van der Waals surface area contributed by atoms with Gasteiger partial charge >= 0.3 is 0 Å². The van der Waals surface area contributed by atoms with Crippen molar-refractivity contribution >= 4 is 0 Å². The predicted octanol–water partition coefficient (Wildman–Crippen LogP) is 8.03. The minimum absolute atomic E-state index is 0.126. The number of benzene rings is 1. The van der Waals surface area contributed by atoms with Gasteiger partial charge in [0.15, 0.2) is 17.5 Å². The summed E-state index contributed by atoms with van der Waals surface area (Å²) in [5.41, 5.74) is 0.603. The third-order valence-corrected chi connectivity index (χ3v) is 7.85. The van der Waals surface area contributed by atoms with Crippen molar-refractivity contribution in [2.24, 2.45) is 23.7 Å². The van der Waals surface area contributed by atoms with Crippen LogP contribution < -0.4 is 0 Å². The topological polar surface area (TPSA) is 9.23 Å². The molecule has 30 heavy (non-hydrogen) atoms. The van der Waals surface area contributed by atoms with Crippen molar-refractivity contribution in [1.29, 1.82) is 0 Å². The fourth-order valence-corrected chi connectivity index (χ4v) is 5.93. The molecule has 0 N–H and O–H groups in total. The van der Waals surface area contributed by atoms with Crippen molar-refractivity contribution in [1.82, 2.24) is 0 Å². The highest BCUT2D eigenvalue weighted by Gasteiger charge is 2.35. The summed E-state index contributed by atoms with van der Waals surface area (Å²) in [4.78, 5) is 0. The molecular weight excluding hydrogens is 385 g/mol. The molecule has 0 amide bonds. The van der Waals surface area contributed by atoms with Crippen LogP contribution in [-0.2, 0) is 4.74 Å². The average molecular weight is 425 g/mol. The maximum atomic E-state index is 13.5. The predicted molar refractivity (Wildman–Crippen MR) is 116 cm³/mol. The SMILES string of the molecule is CC.CC1CCC(C2CCC(C3CCC(c4cc(F)c(F)c(F)c4)CC3)OC2)CC1. The first-order valence-electron chi connectivity index (χ1n) is 12.3. The van der Waals surface area contributed by atoms with E-state index < -0.39 is 17.5 Å². The Morgan fingerprint density at radius 2 is 1.23 bits per heavy atom. The minimum atomic E-state index is -1.37. The molecule has 4 heteroatoms. The Hall–Kier alpha value is -1.03. The lowest BCUT2D eigenvalue weighted by Crippen LogP contribution is -2.37. The minimum Gasteiger partial charge on any atom is -0.378 e. The molecule has 2 unspecified atom stereocenters. The number of ether oxygens (including phenoxy) is 1. The molecule has 1 heterocycles. The molecule has 3 aliphatic rings. The lowest BCUT2D eigenvalue weighted by atomic mass is 9.72. The fourth-order valence-electron chi connectivity index (χ4n) is 5.93. The summed E-state index contributed by atoms with van der Waals surface area (Å²) in [7, 11) is 0. The van der Waals surface area contributed by atoms with Gasteiger partial charge in [-0.1, -0.05) is 33.6 Å². The highest BCUT2D eigenvalue weighted by Crippen LogP contribution is 2.43. The quantitative estimate of drug-likeness (QED) is 0.446. The zero-order valence-corrected chi connectivity index (χ0v) is 18.9. The molecule has 3 fully saturated rings. The maximum absolute atomic E-state index is 13.5. The van der Waals surface area contributed by atoms with Crippen molar-refractivity contribution < 1.29 is 17.9 Å². The van der Waals surface area contributed by atoms with Gasteiger partial charge in [0.2, 0.25) is 0 Å². The number of hydrogen-bond acceptors (Lipinski definition) is 1. The molecule has 1 aromatic rings. The summed E-state index contributed by atoms with van der Waals surface area (Å²) in [6, 6.07) is 2.35. The molecule has 0 bridgehead atoms. The van der Waals surface area contributed by atoms with Crippen LogP contribution in [0.15, 0.2) is 12.1 Å². The second-order valence-corrected chi connectivity index (χ2v) is 9.64. The van der Waals surface area contributed by atoms with E-state index in [1.54, 1.807) is 0 Å². The summed E-state index contributed by atoms with van der Waals surface area (Å²) in [6.45, 7) is 7.28. The van der Waals surface area contributed by atoms with Crippen molar-refractivity contribution in [3.63, 3.8) is 0 Å². The number of halogens is 3. The molecule has 2 aliphatic carbocycles. The summed E-state index contributed by atoms with van der Waals surface area (Å²) in [6.07, 6.45) is 12.1. The molecule has 1 saturated heterocycles. The van der Waals surface area contributed by atoms with Gasteiger partial charge in [0.1, 0.15) is 0 Å². The van der Waals surface area contributed by atoms with Crippen LogP contribution in [0.3, 0.4) is 0 Å². The van der Waals surface area contributed by atoms with Crippen LogP contribution in [0.2, 0.25) is 0 Å². The normalized spacial score (nSPS) is 34.7. The Kier molecular flexibility index (Phi) is 8.68. The summed E-state index contributed by atoms with van der Waals surface area (Å²) in [5, 5.41) is 0. The van der Waals surface area contributed by atoms with E-state index in [0.717, 1.165) is 56.5 Å². The highest BCUT2D eigenvalue weighted by atomic mass is 19.2. The van der Waals surface area contributed by atoms with Crippen LogP contribution in [0.25, 0.3) is 0 Å². The first kappa shape index (κ1) is 23.6. The lowest BCUT2D eigenvalue weighted by Gasteiger charge is -2.41. The van der Waals surface area contributed by atoms with Crippen LogP contribution in [0.4, 0.5) is 13.2 Å².